The van der Waals surface area contributed by atoms with Crippen LogP contribution in [-0.4, -0.2) is 77.7 Å². The Balaban J connectivity index is 1.28. The van der Waals surface area contributed by atoms with Gasteiger partial charge in [-0.2, -0.15) is 0 Å². The van der Waals surface area contributed by atoms with E-state index < -0.39 is 10.1 Å². The summed E-state index contributed by atoms with van der Waals surface area (Å²) >= 11 is 11.8. The van der Waals surface area contributed by atoms with E-state index in [2.05, 4.69) is 20.2 Å². The van der Waals surface area contributed by atoms with Crippen molar-refractivity contribution >= 4 is 35.1 Å². The quantitative estimate of drug-likeness (QED) is 0.189. The van der Waals surface area contributed by atoms with E-state index in [1.807, 2.05) is 56.0 Å². The first kappa shape index (κ1) is 29.0. The molecule has 0 spiro atoms. The summed E-state index contributed by atoms with van der Waals surface area (Å²) in [7, 11) is 0. The van der Waals surface area contributed by atoms with Gasteiger partial charge in [0.25, 0.3) is 11.9 Å². The lowest BCUT2D eigenvalue weighted by Crippen LogP contribution is -2.34. The van der Waals surface area contributed by atoms with Crippen LogP contribution in [0.2, 0.25) is 10.3 Å². The summed E-state index contributed by atoms with van der Waals surface area (Å²) in [5.74, 6) is 0.542. The molecule has 0 N–H and O–H groups in total. The number of halogens is 2. The SMILES string of the molecule is O=[N+]([O-])/N=C1/N(Cc2ccc(Cl)nc2)CCN1Cc1cccc(CN2CCN(Cc3ccc(Cl)nc3)/C2=N/[N+](=O)[O-])c1. The maximum Gasteiger partial charge on any atom is 0.274 e. The van der Waals surface area contributed by atoms with Crippen molar-refractivity contribution in [2.75, 3.05) is 26.2 Å². The smallest absolute Gasteiger partial charge is 0.274 e. The average molecular weight is 613 g/mol. The molecule has 0 amide bonds. The van der Waals surface area contributed by atoms with Gasteiger partial charge in [-0.05, 0) is 34.4 Å². The number of hydrogen-bond acceptors (Lipinski definition) is 6. The standard InChI is InChI=1S/C26H26Cl2N10O4/c27-23-6-4-21(13-29-23)17-35-10-8-33(25(35)31-37(39)40)15-19-2-1-3-20(12-19)16-34-9-11-36(26(34)32-38(41)42)18-22-5-7-24(28)30-14-22/h1-7,12-14H,8-11,15-18H2/b31-25+,32-26+. The number of hydrogen-bond donors (Lipinski definition) is 0. The Bertz CT molecular complexity index is 1390. The highest BCUT2D eigenvalue weighted by atomic mass is 35.5. The molecule has 42 heavy (non-hydrogen) atoms. The fourth-order valence-electron chi connectivity index (χ4n) is 4.99. The van der Waals surface area contributed by atoms with Crippen LogP contribution in [0, 0.1) is 20.2 Å². The molecule has 0 radical (unpaired) electrons. The van der Waals surface area contributed by atoms with Gasteiger partial charge < -0.3 is 19.6 Å². The second-order valence-electron chi connectivity index (χ2n) is 9.76. The molecule has 3 aromatic rings. The molecule has 2 fully saturated rings. The lowest BCUT2D eigenvalue weighted by atomic mass is 10.1. The number of hydrazone groups is 2. The number of benzene rings is 1. The van der Waals surface area contributed by atoms with Crippen molar-refractivity contribution in [3.8, 4) is 0 Å². The topological polar surface area (TPSA) is 150 Å². The molecule has 0 unspecified atom stereocenters. The van der Waals surface area contributed by atoms with Crippen molar-refractivity contribution in [2.45, 2.75) is 26.2 Å². The van der Waals surface area contributed by atoms with E-state index in [1.54, 1.807) is 24.5 Å². The maximum absolute atomic E-state index is 11.4. The molecular weight excluding hydrogens is 587 g/mol. The minimum Gasteiger partial charge on any atom is -0.331 e. The van der Waals surface area contributed by atoms with Crippen LogP contribution in [0.5, 0.6) is 0 Å². The number of nitrogens with zero attached hydrogens (tertiary/aromatic N) is 10. The second kappa shape index (κ2) is 13.0. The molecule has 4 heterocycles. The van der Waals surface area contributed by atoms with E-state index >= 15 is 0 Å². The molecule has 5 rings (SSSR count). The van der Waals surface area contributed by atoms with E-state index in [4.69, 9.17) is 23.2 Å². The zero-order chi connectivity index (χ0) is 29.6. The van der Waals surface area contributed by atoms with Crippen LogP contribution in [0.25, 0.3) is 0 Å². The molecule has 1 aromatic carbocycles. The number of nitro groups is 2. The third-order valence-corrected chi connectivity index (χ3v) is 7.26. The lowest BCUT2D eigenvalue weighted by Gasteiger charge is -2.22. The molecule has 0 aliphatic carbocycles. The molecule has 2 aromatic heterocycles. The maximum atomic E-state index is 11.4. The summed E-state index contributed by atoms with van der Waals surface area (Å²) in [6, 6.07) is 14.8. The Hall–Kier alpha value is -4.56. The zero-order valence-electron chi connectivity index (χ0n) is 22.3. The molecule has 2 aliphatic rings. The Morgan fingerprint density at radius 3 is 1.36 bits per heavy atom. The monoisotopic (exact) mass is 612 g/mol. The van der Waals surface area contributed by atoms with Crippen molar-refractivity contribution in [1.29, 1.82) is 0 Å². The van der Waals surface area contributed by atoms with E-state index in [0.717, 1.165) is 22.3 Å². The van der Waals surface area contributed by atoms with Gasteiger partial charge in [-0.1, -0.05) is 59.6 Å². The molecule has 0 bridgehead atoms. The molecule has 2 aliphatic heterocycles. The predicted molar refractivity (Wildman–Crippen MR) is 155 cm³/mol. The summed E-state index contributed by atoms with van der Waals surface area (Å²) in [5, 5.41) is 29.5. The van der Waals surface area contributed by atoms with Gasteiger partial charge in [0.05, 0.1) is 0 Å². The van der Waals surface area contributed by atoms with Crippen LogP contribution in [0.15, 0.2) is 71.1 Å². The second-order valence-corrected chi connectivity index (χ2v) is 10.5. The molecule has 0 saturated carbocycles. The van der Waals surface area contributed by atoms with Gasteiger partial charge in [0.2, 0.25) is 0 Å². The Labute approximate surface area is 250 Å². The van der Waals surface area contributed by atoms with Gasteiger partial charge in [0.15, 0.2) is 10.1 Å². The zero-order valence-corrected chi connectivity index (χ0v) is 23.8. The fraction of sp³-hybridized carbons (Fsp3) is 0.308. The Morgan fingerprint density at radius 1 is 0.643 bits per heavy atom. The average Bonchev–Trinajstić information content (AvgIpc) is 3.49. The van der Waals surface area contributed by atoms with Gasteiger partial charge in [0.1, 0.15) is 20.5 Å². The third-order valence-electron chi connectivity index (χ3n) is 6.82. The Kier molecular flexibility index (Phi) is 8.93. The molecule has 0 atom stereocenters. The highest BCUT2D eigenvalue weighted by Crippen LogP contribution is 2.21. The number of aromatic nitrogens is 2. The minimum atomic E-state index is -0.688. The van der Waals surface area contributed by atoms with Gasteiger partial charge in [-0.3, -0.25) is 0 Å². The predicted octanol–water partition coefficient (Wildman–Crippen LogP) is 3.51. The normalized spacial score (nSPS) is 17.1. The van der Waals surface area contributed by atoms with Gasteiger partial charge in [-0.15, -0.1) is 0 Å². The summed E-state index contributed by atoms with van der Waals surface area (Å²) in [4.78, 5) is 38.3. The van der Waals surface area contributed by atoms with Crippen LogP contribution < -0.4 is 0 Å². The van der Waals surface area contributed by atoms with Gasteiger partial charge in [-0.25, -0.2) is 30.2 Å². The summed E-state index contributed by atoms with van der Waals surface area (Å²) < 4.78 is 0. The fourth-order valence-corrected chi connectivity index (χ4v) is 5.21. The molecule has 16 heteroatoms. The highest BCUT2D eigenvalue weighted by Gasteiger charge is 2.31. The van der Waals surface area contributed by atoms with Gasteiger partial charge >= 0.3 is 0 Å². The van der Waals surface area contributed by atoms with Crippen LogP contribution in [0.4, 0.5) is 0 Å². The summed E-state index contributed by atoms with van der Waals surface area (Å²) in [5.41, 5.74) is 3.57. The minimum absolute atomic E-state index is 0.271. The first-order chi connectivity index (χ1) is 20.2. The van der Waals surface area contributed by atoms with Crippen molar-refractivity contribution in [2.24, 2.45) is 10.2 Å². The summed E-state index contributed by atoms with van der Waals surface area (Å²) in [6.45, 7) is 3.84. The van der Waals surface area contributed by atoms with E-state index in [0.29, 0.717) is 62.7 Å². The lowest BCUT2D eigenvalue weighted by molar-refractivity contribution is -0.486. The van der Waals surface area contributed by atoms with Gasteiger partial charge in [0, 0.05) is 64.8 Å². The number of pyridine rings is 2. The van der Waals surface area contributed by atoms with Crippen LogP contribution in [0.1, 0.15) is 22.3 Å². The Morgan fingerprint density at radius 2 is 1.02 bits per heavy atom. The van der Waals surface area contributed by atoms with Crippen molar-refractivity contribution < 1.29 is 10.1 Å². The van der Waals surface area contributed by atoms with E-state index in [-0.39, 0.29) is 11.9 Å². The van der Waals surface area contributed by atoms with Crippen LogP contribution >= 0.6 is 23.2 Å². The van der Waals surface area contributed by atoms with Crippen molar-refractivity contribution in [3.05, 3.63) is 114 Å². The summed E-state index contributed by atoms with van der Waals surface area (Å²) in [6.07, 6.45) is 3.28. The first-order valence-corrected chi connectivity index (χ1v) is 13.7. The van der Waals surface area contributed by atoms with E-state index in [9.17, 15) is 20.2 Å². The number of guanidine groups is 2. The molecule has 2 saturated heterocycles. The number of rotatable bonds is 10. The highest BCUT2D eigenvalue weighted by molar-refractivity contribution is 6.29. The van der Waals surface area contributed by atoms with Crippen molar-refractivity contribution in [1.82, 2.24) is 29.6 Å². The molecule has 14 nitrogen and oxygen atoms in total. The molecular formula is C26H26Cl2N10O4. The van der Waals surface area contributed by atoms with Crippen molar-refractivity contribution in [3.63, 3.8) is 0 Å². The first-order valence-electron chi connectivity index (χ1n) is 13.0. The largest absolute Gasteiger partial charge is 0.331 e. The van der Waals surface area contributed by atoms with Crippen LogP contribution in [0.3, 0.4) is 0 Å². The molecule has 218 valence electrons. The van der Waals surface area contributed by atoms with Crippen LogP contribution in [-0.2, 0) is 26.2 Å². The third kappa shape index (κ3) is 7.39. The van der Waals surface area contributed by atoms with E-state index in [1.165, 1.54) is 0 Å².